The molecule has 0 spiro atoms. The largest absolute Gasteiger partial charge is 0.457 e. The van der Waals surface area contributed by atoms with Crippen molar-refractivity contribution in [2.24, 2.45) is 5.73 Å². The fourth-order valence-corrected chi connectivity index (χ4v) is 3.76. The molecule has 6 heteroatoms. The van der Waals surface area contributed by atoms with Gasteiger partial charge in [-0.15, -0.1) is 0 Å². The van der Waals surface area contributed by atoms with E-state index in [0.29, 0.717) is 34.7 Å². The van der Waals surface area contributed by atoms with Gasteiger partial charge in [-0.05, 0) is 61.7 Å². The Hall–Kier alpha value is -2.86. The first-order valence-electron chi connectivity index (χ1n) is 8.83. The molecule has 2 aliphatic heterocycles. The van der Waals surface area contributed by atoms with E-state index in [2.05, 4.69) is 10.6 Å². The molecule has 134 valence electrons. The van der Waals surface area contributed by atoms with Gasteiger partial charge in [0.1, 0.15) is 11.5 Å². The van der Waals surface area contributed by atoms with Gasteiger partial charge in [0.05, 0.1) is 0 Å². The van der Waals surface area contributed by atoms with Gasteiger partial charge >= 0.3 is 0 Å². The van der Waals surface area contributed by atoms with E-state index in [1.165, 1.54) is 6.42 Å². The average Bonchev–Trinajstić information content (AvgIpc) is 3.25. The molecular weight excluding hydrogens is 330 g/mol. The van der Waals surface area contributed by atoms with Crippen molar-refractivity contribution in [1.82, 2.24) is 10.6 Å². The quantitative estimate of drug-likeness (QED) is 0.770. The molecule has 0 saturated carbocycles. The normalized spacial score (nSPS) is 23.6. The highest BCUT2D eigenvalue weighted by Crippen LogP contribution is 2.28. The molecule has 2 aromatic rings. The summed E-state index contributed by atoms with van der Waals surface area (Å²) in [5.74, 6) is 0.542. The van der Waals surface area contributed by atoms with E-state index < -0.39 is 5.91 Å². The summed E-state index contributed by atoms with van der Waals surface area (Å²) in [6, 6.07) is 14.8. The van der Waals surface area contributed by atoms with Crippen molar-refractivity contribution in [2.45, 2.75) is 37.4 Å². The fraction of sp³-hybridized carbons (Fsp3) is 0.300. The van der Waals surface area contributed by atoms with E-state index in [9.17, 15) is 9.59 Å². The number of carbonyl (C=O) groups is 2. The summed E-state index contributed by atoms with van der Waals surface area (Å²) in [5, 5.41) is 6.64. The van der Waals surface area contributed by atoms with Crippen LogP contribution in [0.25, 0.3) is 0 Å². The van der Waals surface area contributed by atoms with Gasteiger partial charge in [-0.1, -0.05) is 6.07 Å². The van der Waals surface area contributed by atoms with Crippen molar-refractivity contribution in [1.29, 1.82) is 0 Å². The SMILES string of the molecule is NC(=O)c1cccc(Oc2ccc(C(=O)N[C@@H]3C[C@H]4CC[C@@H]3N4)cc2)c1. The Balaban J connectivity index is 1.39. The molecule has 2 heterocycles. The Bertz CT molecular complexity index is 834. The monoisotopic (exact) mass is 351 g/mol. The molecule has 2 fully saturated rings. The minimum absolute atomic E-state index is 0.0633. The van der Waals surface area contributed by atoms with Crippen molar-refractivity contribution in [3.05, 3.63) is 59.7 Å². The van der Waals surface area contributed by atoms with Gasteiger partial charge in [-0.2, -0.15) is 0 Å². The number of carbonyl (C=O) groups excluding carboxylic acids is 2. The van der Waals surface area contributed by atoms with Crippen LogP contribution in [-0.4, -0.2) is 29.9 Å². The molecule has 0 unspecified atom stereocenters. The maximum absolute atomic E-state index is 12.4. The molecule has 3 atom stereocenters. The van der Waals surface area contributed by atoms with Gasteiger partial charge in [0.2, 0.25) is 5.91 Å². The second-order valence-electron chi connectivity index (χ2n) is 6.88. The zero-order valence-corrected chi connectivity index (χ0v) is 14.3. The summed E-state index contributed by atoms with van der Waals surface area (Å²) in [7, 11) is 0. The van der Waals surface area contributed by atoms with Crippen LogP contribution in [0, 0.1) is 0 Å². The summed E-state index contributed by atoms with van der Waals surface area (Å²) < 4.78 is 5.73. The molecule has 6 nitrogen and oxygen atoms in total. The van der Waals surface area contributed by atoms with E-state index in [1.54, 1.807) is 48.5 Å². The first-order chi connectivity index (χ1) is 12.6. The lowest BCUT2D eigenvalue weighted by molar-refractivity contribution is 0.0930. The summed E-state index contributed by atoms with van der Waals surface area (Å²) in [6.45, 7) is 0. The van der Waals surface area contributed by atoms with E-state index in [4.69, 9.17) is 10.5 Å². The Morgan fingerprint density at radius 1 is 1.04 bits per heavy atom. The first-order valence-corrected chi connectivity index (χ1v) is 8.83. The Morgan fingerprint density at radius 2 is 1.85 bits per heavy atom. The van der Waals surface area contributed by atoms with E-state index in [0.717, 1.165) is 12.8 Å². The number of nitrogens with one attached hydrogen (secondary N) is 2. The smallest absolute Gasteiger partial charge is 0.251 e. The second-order valence-corrected chi connectivity index (χ2v) is 6.88. The van der Waals surface area contributed by atoms with Crippen molar-refractivity contribution in [2.75, 3.05) is 0 Å². The summed E-state index contributed by atoms with van der Waals surface area (Å²) in [6.07, 6.45) is 3.35. The number of primary amides is 1. The fourth-order valence-electron chi connectivity index (χ4n) is 3.76. The molecule has 2 amide bonds. The predicted molar refractivity (Wildman–Crippen MR) is 97.3 cm³/mol. The minimum Gasteiger partial charge on any atom is -0.457 e. The van der Waals surface area contributed by atoms with Gasteiger partial charge in [-0.3, -0.25) is 9.59 Å². The standard InChI is InChI=1S/C20H21N3O3/c21-19(24)13-2-1-3-16(10-13)26-15-7-4-12(5-8-15)20(25)23-18-11-14-6-9-17(18)22-14/h1-5,7-8,10,14,17-18,22H,6,9,11H2,(H2,21,24)(H,23,25)/t14-,17+,18-/m1/s1. The van der Waals surface area contributed by atoms with Crippen LogP contribution in [0.1, 0.15) is 40.0 Å². The molecule has 0 aliphatic carbocycles. The summed E-state index contributed by atoms with van der Waals surface area (Å²) in [5.41, 5.74) is 6.27. The molecule has 2 bridgehead atoms. The highest BCUT2D eigenvalue weighted by atomic mass is 16.5. The third-order valence-corrected chi connectivity index (χ3v) is 5.09. The third-order valence-electron chi connectivity index (χ3n) is 5.09. The van der Waals surface area contributed by atoms with E-state index in [1.807, 2.05) is 0 Å². The number of ether oxygens (including phenoxy) is 1. The lowest BCUT2D eigenvalue weighted by atomic mass is 9.95. The van der Waals surface area contributed by atoms with Crippen LogP contribution in [0.4, 0.5) is 0 Å². The van der Waals surface area contributed by atoms with Crippen LogP contribution in [0.3, 0.4) is 0 Å². The van der Waals surface area contributed by atoms with Gasteiger partial charge in [0, 0.05) is 29.3 Å². The van der Waals surface area contributed by atoms with E-state index >= 15 is 0 Å². The Labute approximate surface area is 151 Å². The number of nitrogens with two attached hydrogens (primary N) is 1. The maximum Gasteiger partial charge on any atom is 0.251 e. The molecule has 0 aromatic heterocycles. The third kappa shape index (κ3) is 3.41. The highest BCUT2D eigenvalue weighted by molar-refractivity contribution is 5.94. The number of hydrogen-bond acceptors (Lipinski definition) is 4. The molecule has 4 rings (SSSR count). The number of benzene rings is 2. The lowest BCUT2D eigenvalue weighted by Crippen LogP contribution is -2.42. The first kappa shape index (κ1) is 16.6. The predicted octanol–water partition coefficient (Wildman–Crippen LogP) is 2.20. The number of fused-ring (bicyclic) bond motifs is 2. The number of hydrogen-bond donors (Lipinski definition) is 3. The molecule has 0 radical (unpaired) electrons. The van der Waals surface area contributed by atoms with Crippen LogP contribution >= 0.6 is 0 Å². The van der Waals surface area contributed by atoms with Gasteiger partial charge in [-0.25, -0.2) is 0 Å². The molecular formula is C20H21N3O3. The summed E-state index contributed by atoms with van der Waals surface area (Å²) >= 11 is 0. The molecule has 26 heavy (non-hydrogen) atoms. The number of rotatable bonds is 5. The molecule has 2 aliphatic rings. The zero-order valence-electron chi connectivity index (χ0n) is 14.3. The topological polar surface area (TPSA) is 93.5 Å². The van der Waals surface area contributed by atoms with Crippen LogP contribution in [0.2, 0.25) is 0 Å². The van der Waals surface area contributed by atoms with Crippen LogP contribution < -0.4 is 21.1 Å². The van der Waals surface area contributed by atoms with Crippen molar-refractivity contribution in [3.63, 3.8) is 0 Å². The second kappa shape index (κ2) is 6.80. The van der Waals surface area contributed by atoms with Crippen molar-refractivity contribution < 1.29 is 14.3 Å². The minimum atomic E-state index is -0.502. The van der Waals surface area contributed by atoms with Gasteiger partial charge in [0.25, 0.3) is 5.91 Å². The van der Waals surface area contributed by atoms with Crippen LogP contribution in [-0.2, 0) is 0 Å². The Morgan fingerprint density at radius 3 is 2.50 bits per heavy atom. The van der Waals surface area contributed by atoms with Crippen molar-refractivity contribution >= 4 is 11.8 Å². The molecule has 4 N–H and O–H groups in total. The molecule has 2 aromatic carbocycles. The van der Waals surface area contributed by atoms with Gasteiger partial charge < -0.3 is 21.1 Å². The van der Waals surface area contributed by atoms with Crippen molar-refractivity contribution in [3.8, 4) is 11.5 Å². The lowest BCUT2D eigenvalue weighted by Gasteiger charge is -2.21. The Kier molecular flexibility index (Phi) is 4.34. The zero-order chi connectivity index (χ0) is 18.1. The average molecular weight is 351 g/mol. The molecule has 2 saturated heterocycles. The van der Waals surface area contributed by atoms with Gasteiger partial charge in [0.15, 0.2) is 0 Å². The maximum atomic E-state index is 12.4. The summed E-state index contributed by atoms with van der Waals surface area (Å²) in [4.78, 5) is 23.7. The highest BCUT2D eigenvalue weighted by Gasteiger charge is 2.39. The van der Waals surface area contributed by atoms with E-state index in [-0.39, 0.29) is 11.9 Å². The van der Waals surface area contributed by atoms with Crippen LogP contribution in [0.5, 0.6) is 11.5 Å². The van der Waals surface area contributed by atoms with Crippen LogP contribution in [0.15, 0.2) is 48.5 Å². The number of amides is 2.